The number of esters is 2. The fraction of sp³-hybridized carbons (Fsp3) is 0.545. The summed E-state index contributed by atoms with van der Waals surface area (Å²) >= 11 is 0. The highest BCUT2D eigenvalue weighted by atomic mass is 16.5. The standard InChI is InChI=1S/C11H17N3O4/c1-13-5-4-12-9(13)6-14(7-10(15)17-2)8-11(16)18-3/h4-5H,6-8H2,1-3H3. The van der Waals surface area contributed by atoms with Gasteiger partial charge in [0.25, 0.3) is 0 Å². The SMILES string of the molecule is COC(=O)CN(CC(=O)OC)Cc1nccn1C. The first-order valence-electron chi connectivity index (χ1n) is 5.39. The highest BCUT2D eigenvalue weighted by molar-refractivity contribution is 5.74. The van der Waals surface area contributed by atoms with E-state index in [9.17, 15) is 9.59 Å². The summed E-state index contributed by atoms with van der Waals surface area (Å²) in [6.45, 7) is 0.393. The number of nitrogens with zero attached hydrogens (tertiary/aromatic N) is 3. The summed E-state index contributed by atoms with van der Waals surface area (Å²) in [6.07, 6.45) is 3.45. The van der Waals surface area contributed by atoms with Crippen molar-refractivity contribution in [3.8, 4) is 0 Å². The van der Waals surface area contributed by atoms with E-state index in [4.69, 9.17) is 0 Å². The Morgan fingerprint density at radius 1 is 1.28 bits per heavy atom. The average Bonchev–Trinajstić information content (AvgIpc) is 2.74. The van der Waals surface area contributed by atoms with Crippen LogP contribution in [0.5, 0.6) is 0 Å². The van der Waals surface area contributed by atoms with Crippen molar-refractivity contribution in [1.82, 2.24) is 14.5 Å². The zero-order chi connectivity index (χ0) is 13.5. The van der Waals surface area contributed by atoms with Crippen LogP contribution in [0, 0.1) is 0 Å². The minimum atomic E-state index is -0.409. The molecule has 0 atom stereocenters. The molecule has 1 aromatic rings. The van der Waals surface area contributed by atoms with Crippen molar-refractivity contribution in [3.63, 3.8) is 0 Å². The van der Waals surface area contributed by atoms with E-state index in [0.717, 1.165) is 5.82 Å². The Morgan fingerprint density at radius 3 is 2.22 bits per heavy atom. The van der Waals surface area contributed by atoms with Crippen LogP contribution in [0.3, 0.4) is 0 Å². The van der Waals surface area contributed by atoms with Crippen LogP contribution in [0.25, 0.3) is 0 Å². The van der Waals surface area contributed by atoms with Crippen LogP contribution >= 0.6 is 0 Å². The molecular weight excluding hydrogens is 238 g/mol. The monoisotopic (exact) mass is 255 g/mol. The molecule has 0 aromatic carbocycles. The Morgan fingerprint density at radius 2 is 1.83 bits per heavy atom. The molecule has 0 unspecified atom stereocenters. The molecule has 0 amide bonds. The summed E-state index contributed by atoms with van der Waals surface area (Å²) in [4.78, 5) is 28.3. The van der Waals surface area contributed by atoms with Gasteiger partial charge in [-0.15, -0.1) is 0 Å². The summed E-state index contributed by atoms with van der Waals surface area (Å²) in [5.74, 6) is -0.0657. The van der Waals surface area contributed by atoms with Crippen LogP contribution in [0.2, 0.25) is 0 Å². The molecule has 0 aliphatic heterocycles. The average molecular weight is 255 g/mol. The molecule has 0 aliphatic carbocycles. The van der Waals surface area contributed by atoms with Gasteiger partial charge in [-0.3, -0.25) is 14.5 Å². The van der Waals surface area contributed by atoms with Gasteiger partial charge < -0.3 is 14.0 Å². The normalized spacial score (nSPS) is 10.4. The van der Waals surface area contributed by atoms with Crippen LogP contribution in [-0.4, -0.2) is 53.7 Å². The molecule has 0 aliphatic rings. The Bertz CT molecular complexity index is 398. The third-order valence-corrected chi connectivity index (χ3v) is 2.45. The van der Waals surface area contributed by atoms with E-state index in [1.54, 1.807) is 17.3 Å². The van der Waals surface area contributed by atoms with Crippen molar-refractivity contribution in [2.45, 2.75) is 6.54 Å². The molecule has 7 heteroatoms. The minimum Gasteiger partial charge on any atom is -0.468 e. The van der Waals surface area contributed by atoms with E-state index < -0.39 is 11.9 Å². The van der Waals surface area contributed by atoms with Gasteiger partial charge in [0.05, 0.1) is 33.9 Å². The van der Waals surface area contributed by atoms with Crippen molar-refractivity contribution < 1.29 is 19.1 Å². The Balaban J connectivity index is 2.67. The number of carbonyl (C=O) groups is 2. The molecular formula is C11H17N3O4. The first-order chi connectivity index (χ1) is 8.56. The Kier molecular flexibility index (Phi) is 5.31. The molecule has 7 nitrogen and oxygen atoms in total. The fourth-order valence-electron chi connectivity index (χ4n) is 1.41. The fourth-order valence-corrected chi connectivity index (χ4v) is 1.41. The Hall–Kier alpha value is -1.89. The first kappa shape index (κ1) is 14.2. The number of imidazole rings is 1. The van der Waals surface area contributed by atoms with Crippen molar-refractivity contribution in [1.29, 1.82) is 0 Å². The zero-order valence-corrected chi connectivity index (χ0v) is 10.8. The van der Waals surface area contributed by atoms with E-state index in [0.29, 0.717) is 6.54 Å². The number of methoxy groups -OCH3 is 2. The molecule has 0 saturated carbocycles. The van der Waals surface area contributed by atoms with E-state index in [1.807, 2.05) is 11.6 Å². The molecule has 1 heterocycles. The second-order valence-corrected chi connectivity index (χ2v) is 3.75. The zero-order valence-electron chi connectivity index (χ0n) is 10.8. The summed E-state index contributed by atoms with van der Waals surface area (Å²) in [5.41, 5.74) is 0. The molecule has 1 aromatic heterocycles. The molecule has 1 rings (SSSR count). The third-order valence-electron chi connectivity index (χ3n) is 2.45. The number of ether oxygens (including phenoxy) is 2. The maximum absolute atomic E-state index is 11.3. The third kappa shape index (κ3) is 4.17. The van der Waals surface area contributed by atoms with Crippen molar-refractivity contribution >= 4 is 11.9 Å². The van der Waals surface area contributed by atoms with E-state index in [1.165, 1.54) is 14.2 Å². The minimum absolute atomic E-state index is 0.0124. The maximum Gasteiger partial charge on any atom is 0.319 e. The summed E-state index contributed by atoms with van der Waals surface area (Å²) in [7, 11) is 4.45. The van der Waals surface area contributed by atoms with Gasteiger partial charge in [-0.2, -0.15) is 0 Å². The smallest absolute Gasteiger partial charge is 0.319 e. The van der Waals surface area contributed by atoms with Crippen LogP contribution in [-0.2, 0) is 32.7 Å². The molecule has 0 N–H and O–H groups in total. The topological polar surface area (TPSA) is 73.7 Å². The van der Waals surface area contributed by atoms with Gasteiger partial charge in [0.2, 0.25) is 0 Å². The molecule has 0 bridgehead atoms. The van der Waals surface area contributed by atoms with Gasteiger partial charge in [0.15, 0.2) is 0 Å². The summed E-state index contributed by atoms with van der Waals surface area (Å²) < 4.78 is 11.0. The van der Waals surface area contributed by atoms with Gasteiger partial charge in [0, 0.05) is 19.4 Å². The van der Waals surface area contributed by atoms with Crippen LogP contribution in [0.1, 0.15) is 5.82 Å². The van der Waals surface area contributed by atoms with Crippen molar-refractivity contribution in [2.24, 2.45) is 7.05 Å². The van der Waals surface area contributed by atoms with E-state index >= 15 is 0 Å². The van der Waals surface area contributed by atoms with Gasteiger partial charge in [-0.05, 0) is 0 Å². The molecule has 0 radical (unpaired) electrons. The van der Waals surface area contributed by atoms with Gasteiger partial charge >= 0.3 is 11.9 Å². The van der Waals surface area contributed by atoms with Crippen LogP contribution in [0.15, 0.2) is 12.4 Å². The predicted molar refractivity (Wildman–Crippen MR) is 62.5 cm³/mol. The van der Waals surface area contributed by atoms with Gasteiger partial charge in [-0.25, -0.2) is 4.98 Å². The Labute approximate surface area is 105 Å². The molecule has 0 saturated heterocycles. The van der Waals surface area contributed by atoms with Gasteiger partial charge in [0.1, 0.15) is 5.82 Å². The number of hydrogen-bond donors (Lipinski definition) is 0. The largest absolute Gasteiger partial charge is 0.468 e. The summed E-state index contributed by atoms with van der Waals surface area (Å²) in [6, 6.07) is 0. The highest BCUT2D eigenvalue weighted by Crippen LogP contribution is 2.02. The van der Waals surface area contributed by atoms with E-state index in [2.05, 4.69) is 14.5 Å². The lowest BCUT2D eigenvalue weighted by Crippen LogP contribution is -2.35. The molecule has 0 spiro atoms. The predicted octanol–water partition coefficient (Wildman–Crippen LogP) is -0.432. The van der Waals surface area contributed by atoms with Crippen molar-refractivity contribution in [2.75, 3.05) is 27.3 Å². The lowest BCUT2D eigenvalue weighted by molar-refractivity contribution is -0.145. The maximum atomic E-state index is 11.3. The lowest BCUT2D eigenvalue weighted by Gasteiger charge is -2.19. The molecule has 100 valence electrons. The quantitative estimate of drug-likeness (QED) is 0.642. The first-order valence-corrected chi connectivity index (χ1v) is 5.39. The number of hydrogen-bond acceptors (Lipinski definition) is 6. The molecule has 18 heavy (non-hydrogen) atoms. The summed E-state index contributed by atoms with van der Waals surface area (Å²) in [5, 5.41) is 0. The van der Waals surface area contributed by atoms with Crippen molar-refractivity contribution in [3.05, 3.63) is 18.2 Å². The second-order valence-electron chi connectivity index (χ2n) is 3.75. The second kappa shape index (κ2) is 6.75. The highest BCUT2D eigenvalue weighted by Gasteiger charge is 2.17. The number of aromatic nitrogens is 2. The number of rotatable bonds is 6. The lowest BCUT2D eigenvalue weighted by atomic mass is 10.4. The van der Waals surface area contributed by atoms with Gasteiger partial charge in [-0.1, -0.05) is 0 Å². The molecule has 0 fully saturated rings. The van der Waals surface area contributed by atoms with Crippen LogP contribution < -0.4 is 0 Å². The van der Waals surface area contributed by atoms with E-state index in [-0.39, 0.29) is 13.1 Å². The number of aryl methyl sites for hydroxylation is 1. The van der Waals surface area contributed by atoms with Crippen LogP contribution in [0.4, 0.5) is 0 Å². The number of carbonyl (C=O) groups excluding carboxylic acids is 2.